The second-order valence-electron chi connectivity index (χ2n) is 6.02. The number of amides is 2. The Morgan fingerprint density at radius 2 is 2.20 bits per heavy atom. The van der Waals surface area contributed by atoms with E-state index in [-0.39, 0.29) is 30.2 Å². The highest BCUT2D eigenvalue weighted by Gasteiger charge is 2.29. The summed E-state index contributed by atoms with van der Waals surface area (Å²) in [4.78, 5) is 34.4. The molecular weight excluding hydrogens is 322 g/mol. The van der Waals surface area contributed by atoms with Gasteiger partial charge in [0, 0.05) is 19.5 Å². The lowest BCUT2D eigenvalue weighted by Gasteiger charge is -2.22. The molecular formula is C17H21N5O3. The maximum absolute atomic E-state index is 12.1. The molecule has 0 unspecified atom stereocenters. The minimum atomic E-state index is -0.342. The van der Waals surface area contributed by atoms with Crippen molar-refractivity contribution in [1.82, 2.24) is 25.3 Å². The number of aryl methyl sites for hydroxylation is 1. The predicted molar refractivity (Wildman–Crippen MR) is 88.4 cm³/mol. The number of hydrogen-bond acceptors (Lipinski definition) is 6. The van der Waals surface area contributed by atoms with Crippen LogP contribution in [0.5, 0.6) is 0 Å². The van der Waals surface area contributed by atoms with E-state index in [0.717, 1.165) is 30.8 Å². The van der Waals surface area contributed by atoms with Gasteiger partial charge in [0.25, 0.3) is 5.91 Å². The normalized spacial score (nSPS) is 16.9. The molecule has 1 aliphatic heterocycles. The summed E-state index contributed by atoms with van der Waals surface area (Å²) in [6.07, 6.45) is 5.83. The zero-order valence-electron chi connectivity index (χ0n) is 14.4. The molecule has 8 nitrogen and oxygen atoms in total. The molecule has 2 amide bonds. The van der Waals surface area contributed by atoms with Gasteiger partial charge in [-0.25, -0.2) is 0 Å². The molecule has 3 rings (SSSR count). The van der Waals surface area contributed by atoms with Crippen molar-refractivity contribution in [3.05, 3.63) is 41.3 Å². The highest BCUT2D eigenvalue weighted by atomic mass is 16.5. The molecule has 1 fully saturated rings. The van der Waals surface area contributed by atoms with E-state index in [1.165, 1.54) is 0 Å². The maximum Gasteiger partial charge on any atom is 0.290 e. The van der Waals surface area contributed by atoms with Gasteiger partial charge in [-0.15, -0.1) is 0 Å². The Balaban J connectivity index is 1.65. The van der Waals surface area contributed by atoms with Gasteiger partial charge in [-0.3, -0.25) is 19.6 Å². The highest BCUT2D eigenvalue weighted by molar-refractivity contribution is 5.91. The Hall–Kier alpha value is -2.77. The van der Waals surface area contributed by atoms with Gasteiger partial charge in [-0.05, 0) is 19.3 Å². The number of nitrogens with one attached hydrogen (secondary N) is 1. The first-order valence-corrected chi connectivity index (χ1v) is 8.40. The van der Waals surface area contributed by atoms with Crippen LogP contribution in [0.1, 0.15) is 60.4 Å². The molecule has 132 valence electrons. The Morgan fingerprint density at radius 1 is 1.36 bits per heavy atom. The van der Waals surface area contributed by atoms with Crippen molar-refractivity contribution in [1.29, 1.82) is 0 Å². The predicted octanol–water partition coefficient (Wildman–Crippen LogP) is 1.64. The van der Waals surface area contributed by atoms with Crippen molar-refractivity contribution in [2.75, 3.05) is 6.54 Å². The van der Waals surface area contributed by atoms with Crippen molar-refractivity contribution < 1.29 is 14.1 Å². The van der Waals surface area contributed by atoms with Crippen molar-refractivity contribution >= 4 is 11.8 Å². The molecule has 0 aromatic carbocycles. The first kappa shape index (κ1) is 17.1. The molecule has 1 N–H and O–H groups in total. The summed E-state index contributed by atoms with van der Waals surface area (Å²) in [6.45, 7) is 4.48. The van der Waals surface area contributed by atoms with Gasteiger partial charge in [0.15, 0.2) is 0 Å². The highest BCUT2D eigenvalue weighted by Crippen LogP contribution is 2.30. The molecule has 2 aromatic rings. The van der Waals surface area contributed by atoms with Crippen LogP contribution >= 0.6 is 0 Å². The minimum absolute atomic E-state index is 0.0398. The lowest BCUT2D eigenvalue weighted by atomic mass is 10.1. The molecule has 0 aliphatic carbocycles. The summed E-state index contributed by atoms with van der Waals surface area (Å²) in [7, 11) is 0. The first-order valence-electron chi connectivity index (χ1n) is 8.40. The Morgan fingerprint density at radius 3 is 2.92 bits per heavy atom. The average molecular weight is 343 g/mol. The zero-order valence-corrected chi connectivity index (χ0v) is 14.4. The molecule has 1 atom stereocenters. The first-order chi connectivity index (χ1) is 12.1. The zero-order chi connectivity index (χ0) is 17.8. The van der Waals surface area contributed by atoms with E-state index < -0.39 is 0 Å². The molecule has 0 spiro atoms. The molecule has 1 aliphatic rings. The van der Waals surface area contributed by atoms with Crippen LogP contribution in [0.4, 0.5) is 0 Å². The van der Waals surface area contributed by atoms with Gasteiger partial charge >= 0.3 is 0 Å². The molecule has 0 bridgehead atoms. The third kappa shape index (κ3) is 3.84. The van der Waals surface area contributed by atoms with Crippen LogP contribution < -0.4 is 5.32 Å². The summed E-state index contributed by atoms with van der Waals surface area (Å²) in [5.41, 5.74) is 2.13. The van der Waals surface area contributed by atoms with E-state index >= 15 is 0 Å². The molecule has 0 radical (unpaired) electrons. The van der Waals surface area contributed by atoms with Crippen molar-refractivity contribution in [3.8, 4) is 0 Å². The number of carbonyl (C=O) groups excluding carboxylic acids is 2. The molecule has 1 saturated heterocycles. The van der Waals surface area contributed by atoms with Gasteiger partial charge in [-0.1, -0.05) is 12.1 Å². The largest absolute Gasteiger partial charge is 0.351 e. The fourth-order valence-electron chi connectivity index (χ4n) is 2.96. The van der Waals surface area contributed by atoms with Crippen molar-refractivity contribution in [2.24, 2.45) is 0 Å². The van der Waals surface area contributed by atoms with Crippen LogP contribution in [0, 0.1) is 0 Å². The summed E-state index contributed by atoms with van der Waals surface area (Å²) in [6, 6.07) is 1.59. The number of likely N-dealkylation sites (tertiary alicyclic amines) is 1. The van der Waals surface area contributed by atoms with E-state index in [4.69, 9.17) is 4.52 Å². The Kier molecular flexibility index (Phi) is 5.06. The lowest BCUT2D eigenvalue weighted by molar-refractivity contribution is -0.129. The van der Waals surface area contributed by atoms with Gasteiger partial charge in [-0.2, -0.15) is 0 Å². The summed E-state index contributed by atoms with van der Waals surface area (Å²) in [5, 5.41) is 6.55. The van der Waals surface area contributed by atoms with Crippen LogP contribution in [0.2, 0.25) is 0 Å². The molecule has 3 heterocycles. The third-order valence-corrected chi connectivity index (χ3v) is 4.28. The van der Waals surface area contributed by atoms with Gasteiger partial charge in [0.2, 0.25) is 11.7 Å². The molecule has 25 heavy (non-hydrogen) atoms. The smallest absolute Gasteiger partial charge is 0.290 e. The topological polar surface area (TPSA) is 101 Å². The second kappa shape index (κ2) is 7.42. The molecule has 8 heteroatoms. The second-order valence-corrected chi connectivity index (χ2v) is 6.02. The summed E-state index contributed by atoms with van der Waals surface area (Å²) < 4.78 is 5.01. The average Bonchev–Trinajstić information content (AvgIpc) is 3.29. The van der Waals surface area contributed by atoms with Crippen LogP contribution in [0.3, 0.4) is 0 Å². The van der Waals surface area contributed by atoms with E-state index in [0.29, 0.717) is 12.1 Å². The van der Waals surface area contributed by atoms with Crippen molar-refractivity contribution in [2.45, 2.75) is 45.7 Å². The Labute approximate surface area is 145 Å². The standard InChI is InChI=1S/C17H21N5O3/c1-3-12-7-16(25-21-12)17(24)19-9-13-8-18-10-14(20-13)15-5-4-6-22(15)11(2)23/h7-8,10,15H,3-6,9H2,1-2H3,(H,19,24)/t15-/m1/s1. The van der Waals surface area contributed by atoms with Crippen LogP contribution in [-0.4, -0.2) is 38.4 Å². The van der Waals surface area contributed by atoms with E-state index in [2.05, 4.69) is 20.4 Å². The maximum atomic E-state index is 12.1. The fourth-order valence-corrected chi connectivity index (χ4v) is 2.96. The molecule has 2 aromatic heterocycles. The number of hydrogen-bond donors (Lipinski definition) is 1. The number of aromatic nitrogens is 3. The van der Waals surface area contributed by atoms with Gasteiger partial charge < -0.3 is 14.7 Å². The van der Waals surface area contributed by atoms with Crippen LogP contribution in [-0.2, 0) is 17.8 Å². The minimum Gasteiger partial charge on any atom is -0.351 e. The van der Waals surface area contributed by atoms with Crippen molar-refractivity contribution in [3.63, 3.8) is 0 Å². The van der Waals surface area contributed by atoms with E-state index in [1.54, 1.807) is 25.4 Å². The van der Waals surface area contributed by atoms with Crippen LogP contribution in [0.15, 0.2) is 23.0 Å². The Bertz CT molecular complexity index is 773. The fraction of sp³-hybridized carbons (Fsp3) is 0.471. The third-order valence-electron chi connectivity index (χ3n) is 4.28. The number of rotatable bonds is 5. The quantitative estimate of drug-likeness (QED) is 0.885. The number of nitrogens with zero attached hydrogens (tertiary/aromatic N) is 4. The van der Waals surface area contributed by atoms with E-state index in [1.807, 2.05) is 11.8 Å². The summed E-state index contributed by atoms with van der Waals surface area (Å²) in [5.74, 6) is -0.120. The monoisotopic (exact) mass is 343 g/mol. The molecule has 0 saturated carbocycles. The van der Waals surface area contributed by atoms with Gasteiger partial charge in [0.1, 0.15) is 0 Å². The van der Waals surface area contributed by atoms with Gasteiger partial charge in [0.05, 0.1) is 42.1 Å². The summed E-state index contributed by atoms with van der Waals surface area (Å²) >= 11 is 0. The lowest BCUT2D eigenvalue weighted by Crippen LogP contribution is -2.29. The SMILES string of the molecule is CCc1cc(C(=O)NCc2cncc([C@H]3CCCN3C(C)=O)n2)on1. The van der Waals surface area contributed by atoms with Crippen LogP contribution in [0.25, 0.3) is 0 Å². The van der Waals surface area contributed by atoms with E-state index in [9.17, 15) is 9.59 Å². The number of carbonyl (C=O) groups is 2.